The molecule has 0 aromatic heterocycles. The smallest absolute Gasteiger partial charge is 0.323 e. The fraction of sp³-hybridized carbons (Fsp3) is 0.429. The maximum Gasteiger partial charge on any atom is 0.323 e. The second-order valence-electron chi connectivity index (χ2n) is 4.85. The van der Waals surface area contributed by atoms with Gasteiger partial charge in [0.2, 0.25) is 0 Å². The molecule has 0 aliphatic heterocycles. The van der Waals surface area contributed by atoms with E-state index in [1.165, 1.54) is 0 Å². The van der Waals surface area contributed by atoms with E-state index < -0.39 is 5.97 Å². The maximum atomic E-state index is 10.9. The number of aryl methyl sites for hydroxylation is 1. The van der Waals surface area contributed by atoms with Gasteiger partial charge in [-0.05, 0) is 43.4 Å². The van der Waals surface area contributed by atoms with E-state index in [-0.39, 0.29) is 6.54 Å². The summed E-state index contributed by atoms with van der Waals surface area (Å²) in [5.74, 6) is -0.280. The standard InChI is InChI=1S/C14H16N2O2/c1-10-2-5-12(7-15)13(6-10)16(9-14(17)18)8-11-3-4-11/h2,5-6,11H,3-4,8-9H2,1H3,(H,17,18). The van der Waals surface area contributed by atoms with E-state index in [9.17, 15) is 4.79 Å². The van der Waals surface area contributed by atoms with Gasteiger partial charge in [0, 0.05) is 6.54 Å². The number of carboxylic acid groups (broad SMARTS) is 1. The Labute approximate surface area is 106 Å². The van der Waals surface area contributed by atoms with E-state index in [0.717, 1.165) is 30.6 Å². The van der Waals surface area contributed by atoms with Gasteiger partial charge in [-0.1, -0.05) is 6.07 Å². The predicted octanol–water partition coefficient (Wildman–Crippen LogP) is 2.17. The normalized spacial score (nSPS) is 14.0. The van der Waals surface area contributed by atoms with Crippen molar-refractivity contribution in [1.82, 2.24) is 0 Å². The minimum atomic E-state index is -0.860. The largest absolute Gasteiger partial charge is 0.480 e. The molecule has 0 heterocycles. The molecular formula is C14H16N2O2. The van der Waals surface area contributed by atoms with Crippen LogP contribution in [0.2, 0.25) is 0 Å². The highest BCUT2D eigenvalue weighted by Crippen LogP contribution is 2.32. The Bertz CT molecular complexity index is 501. The number of benzene rings is 1. The van der Waals surface area contributed by atoms with E-state index in [0.29, 0.717) is 11.5 Å². The molecule has 0 atom stereocenters. The fourth-order valence-corrected chi connectivity index (χ4v) is 2.02. The summed E-state index contributed by atoms with van der Waals surface area (Å²) in [6, 6.07) is 7.66. The molecule has 18 heavy (non-hydrogen) atoms. The Morgan fingerprint density at radius 1 is 1.56 bits per heavy atom. The van der Waals surface area contributed by atoms with Crippen LogP contribution >= 0.6 is 0 Å². The number of hydrogen-bond acceptors (Lipinski definition) is 3. The highest BCUT2D eigenvalue weighted by molar-refractivity contribution is 5.75. The van der Waals surface area contributed by atoms with Crippen molar-refractivity contribution in [3.8, 4) is 6.07 Å². The molecule has 4 heteroatoms. The molecule has 1 aliphatic carbocycles. The van der Waals surface area contributed by atoms with Gasteiger partial charge < -0.3 is 10.0 Å². The van der Waals surface area contributed by atoms with Crippen molar-refractivity contribution in [2.75, 3.05) is 18.0 Å². The zero-order valence-corrected chi connectivity index (χ0v) is 10.4. The van der Waals surface area contributed by atoms with Gasteiger partial charge in [0.1, 0.15) is 12.6 Å². The summed E-state index contributed by atoms with van der Waals surface area (Å²) in [4.78, 5) is 12.8. The molecule has 1 N–H and O–H groups in total. The van der Waals surface area contributed by atoms with Gasteiger partial charge in [0.15, 0.2) is 0 Å². The van der Waals surface area contributed by atoms with Gasteiger partial charge in [-0.25, -0.2) is 0 Å². The maximum absolute atomic E-state index is 10.9. The van der Waals surface area contributed by atoms with Crippen LogP contribution in [0.25, 0.3) is 0 Å². The number of nitriles is 1. The molecule has 1 aromatic carbocycles. The number of carboxylic acids is 1. The van der Waals surface area contributed by atoms with Crippen LogP contribution in [0.1, 0.15) is 24.0 Å². The summed E-state index contributed by atoms with van der Waals surface area (Å²) in [6.07, 6.45) is 2.31. The van der Waals surface area contributed by atoms with Gasteiger partial charge in [-0.3, -0.25) is 4.79 Å². The molecule has 2 rings (SSSR count). The molecule has 94 valence electrons. The first-order valence-electron chi connectivity index (χ1n) is 6.07. The fourth-order valence-electron chi connectivity index (χ4n) is 2.02. The lowest BCUT2D eigenvalue weighted by Crippen LogP contribution is -2.32. The SMILES string of the molecule is Cc1ccc(C#N)c(N(CC(=O)O)CC2CC2)c1. The lowest BCUT2D eigenvalue weighted by Gasteiger charge is -2.24. The molecule has 0 amide bonds. The highest BCUT2D eigenvalue weighted by Gasteiger charge is 2.26. The zero-order valence-electron chi connectivity index (χ0n) is 10.4. The Hall–Kier alpha value is -2.02. The molecule has 0 saturated heterocycles. The molecule has 4 nitrogen and oxygen atoms in total. The molecular weight excluding hydrogens is 228 g/mol. The van der Waals surface area contributed by atoms with E-state index in [4.69, 9.17) is 10.4 Å². The quantitative estimate of drug-likeness (QED) is 0.862. The summed E-state index contributed by atoms with van der Waals surface area (Å²) in [5.41, 5.74) is 2.32. The van der Waals surface area contributed by atoms with Crippen LogP contribution in [0, 0.1) is 24.2 Å². The third-order valence-electron chi connectivity index (χ3n) is 3.12. The minimum absolute atomic E-state index is 0.0470. The van der Waals surface area contributed by atoms with Crippen molar-refractivity contribution in [2.45, 2.75) is 19.8 Å². The summed E-state index contributed by atoms with van der Waals surface area (Å²) in [7, 11) is 0. The summed E-state index contributed by atoms with van der Waals surface area (Å²) in [6.45, 7) is 2.62. The van der Waals surface area contributed by atoms with Crippen LogP contribution in [0.15, 0.2) is 18.2 Å². The van der Waals surface area contributed by atoms with Gasteiger partial charge in [0.05, 0.1) is 11.3 Å². The average Bonchev–Trinajstić information content (AvgIpc) is 3.11. The van der Waals surface area contributed by atoms with Crippen molar-refractivity contribution in [3.63, 3.8) is 0 Å². The molecule has 1 saturated carbocycles. The predicted molar refractivity (Wildman–Crippen MR) is 68.5 cm³/mol. The zero-order chi connectivity index (χ0) is 13.1. The first-order valence-corrected chi connectivity index (χ1v) is 6.07. The molecule has 1 aromatic rings. The van der Waals surface area contributed by atoms with Crippen LogP contribution in [-0.2, 0) is 4.79 Å². The summed E-state index contributed by atoms with van der Waals surface area (Å²) < 4.78 is 0. The Balaban J connectivity index is 2.30. The number of carbonyl (C=O) groups is 1. The molecule has 0 unspecified atom stereocenters. The topological polar surface area (TPSA) is 64.3 Å². The first-order chi connectivity index (χ1) is 8.60. The van der Waals surface area contributed by atoms with Gasteiger partial charge in [-0.15, -0.1) is 0 Å². The van der Waals surface area contributed by atoms with E-state index >= 15 is 0 Å². The second-order valence-corrected chi connectivity index (χ2v) is 4.85. The third kappa shape index (κ3) is 3.01. The molecule has 1 aliphatic rings. The first kappa shape index (κ1) is 12.4. The number of nitrogens with zero attached hydrogens (tertiary/aromatic N) is 2. The van der Waals surface area contributed by atoms with Crippen LogP contribution in [-0.4, -0.2) is 24.2 Å². The molecule has 0 bridgehead atoms. The molecule has 1 fully saturated rings. The van der Waals surface area contributed by atoms with Gasteiger partial charge in [-0.2, -0.15) is 5.26 Å². The molecule has 0 radical (unpaired) electrons. The van der Waals surface area contributed by atoms with Crippen LogP contribution in [0.3, 0.4) is 0 Å². The number of aliphatic carboxylic acids is 1. The van der Waals surface area contributed by atoms with Crippen molar-refractivity contribution in [2.24, 2.45) is 5.92 Å². The van der Waals surface area contributed by atoms with Crippen molar-refractivity contribution in [1.29, 1.82) is 5.26 Å². The van der Waals surface area contributed by atoms with Crippen molar-refractivity contribution < 1.29 is 9.90 Å². The van der Waals surface area contributed by atoms with Gasteiger partial charge in [0.25, 0.3) is 0 Å². The second kappa shape index (κ2) is 5.09. The number of rotatable bonds is 5. The van der Waals surface area contributed by atoms with Crippen LogP contribution in [0.5, 0.6) is 0 Å². The summed E-state index contributed by atoms with van der Waals surface area (Å²) >= 11 is 0. The van der Waals surface area contributed by atoms with E-state index in [1.807, 2.05) is 24.0 Å². The average molecular weight is 244 g/mol. The third-order valence-corrected chi connectivity index (χ3v) is 3.12. The van der Waals surface area contributed by atoms with Crippen molar-refractivity contribution in [3.05, 3.63) is 29.3 Å². The Morgan fingerprint density at radius 3 is 2.83 bits per heavy atom. The van der Waals surface area contributed by atoms with Crippen LogP contribution in [0.4, 0.5) is 5.69 Å². The summed E-state index contributed by atoms with van der Waals surface area (Å²) in [5, 5.41) is 18.1. The lowest BCUT2D eigenvalue weighted by molar-refractivity contribution is -0.135. The van der Waals surface area contributed by atoms with Crippen molar-refractivity contribution >= 4 is 11.7 Å². The van der Waals surface area contributed by atoms with Crippen LogP contribution < -0.4 is 4.90 Å². The monoisotopic (exact) mass is 244 g/mol. The number of hydrogen-bond donors (Lipinski definition) is 1. The van der Waals surface area contributed by atoms with E-state index in [2.05, 4.69) is 6.07 Å². The Kier molecular flexibility index (Phi) is 3.52. The lowest BCUT2D eigenvalue weighted by atomic mass is 10.1. The highest BCUT2D eigenvalue weighted by atomic mass is 16.4. The van der Waals surface area contributed by atoms with Gasteiger partial charge >= 0.3 is 5.97 Å². The molecule has 0 spiro atoms. The van der Waals surface area contributed by atoms with E-state index in [1.54, 1.807) is 6.07 Å². The Morgan fingerprint density at radius 2 is 2.28 bits per heavy atom. The number of anilines is 1. The minimum Gasteiger partial charge on any atom is -0.480 e.